The molecule has 0 bridgehead atoms. The van der Waals surface area contributed by atoms with Gasteiger partial charge in [-0.3, -0.25) is 4.79 Å². The van der Waals surface area contributed by atoms with Gasteiger partial charge in [0.1, 0.15) is 5.15 Å². The Balaban J connectivity index is 2.25. The fourth-order valence-electron chi connectivity index (χ4n) is 2.59. The van der Waals surface area contributed by atoms with E-state index in [1.807, 2.05) is 6.92 Å². The van der Waals surface area contributed by atoms with E-state index < -0.39 is 0 Å². The van der Waals surface area contributed by atoms with E-state index >= 15 is 0 Å². The number of aryl methyl sites for hydroxylation is 2. The van der Waals surface area contributed by atoms with Gasteiger partial charge in [0.25, 0.3) is 5.91 Å². The molecule has 0 fully saturated rings. The molecular weight excluding hydrogens is 310 g/mol. The average molecular weight is 334 g/mol. The Morgan fingerprint density at radius 3 is 2.43 bits per heavy atom. The van der Waals surface area contributed by atoms with Crippen LogP contribution in [0.15, 0.2) is 24.3 Å². The van der Waals surface area contributed by atoms with Crippen LogP contribution in [0.2, 0.25) is 5.15 Å². The second kappa shape index (κ2) is 7.18. The first-order valence-electron chi connectivity index (χ1n) is 7.83. The Labute approximate surface area is 143 Å². The molecule has 1 aromatic carbocycles. The maximum atomic E-state index is 12.6. The molecule has 0 unspecified atom stereocenters. The molecule has 0 aliphatic carbocycles. The lowest BCUT2D eigenvalue weighted by molar-refractivity contribution is 0.0778. The summed E-state index contributed by atoms with van der Waals surface area (Å²) >= 11 is 6.44. The predicted octanol–water partition coefficient (Wildman–Crippen LogP) is 3.93. The molecule has 0 spiro atoms. The molecular formula is C18H24ClN3O. The molecule has 4 nitrogen and oxygen atoms in total. The van der Waals surface area contributed by atoms with E-state index in [1.54, 1.807) is 16.6 Å². The molecule has 1 heterocycles. The molecule has 0 aliphatic rings. The topological polar surface area (TPSA) is 38.1 Å². The molecule has 1 amide bonds. The molecule has 5 heteroatoms. The number of aromatic nitrogens is 2. The van der Waals surface area contributed by atoms with Gasteiger partial charge in [0.15, 0.2) is 0 Å². The van der Waals surface area contributed by atoms with Crippen LogP contribution in [0.4, 0.5) is 0 Å². The zero-order valence-electron chi connectivity index (χ0n) is 14.4. The Kier molecular flexibility index (Phi) is 5.47. The van der Waals surface area contributed by atoms with Gasteiger partial charge < -0.3 is 4.90 Å². The first-order valence-corrected chi connectivity index (χ1v) is 8.21. The highest BCUT2D eigenvalue weighted by atomic mass is 35.5. The van der Waals surface area contributed by atoms with Crippen LogP contribution in [-0.4, -0.2) is 34.2 Å². The molecule has 0 saturated carbocycles. The number of halogens is 1. The van der Waals surface area contributed by atoms with Crippen molar-refractivity contribution in [1.29, 1.82) is 0 Å². The number of rotatable bonds is 5. The van der Waals surface area contributed by atoms with Crippen LogP contribution in [0.25, 0.3) is 0 Å². The summed E-state index contributed by atoms with van der Waals surface area (Å²) in [5.41, 5.74) is 3.49. The highest BCUT2D eigenvalue weighted by molar-refractivity contribution is 6.33. The number of hydrogen-bond acceptors (Lipinski definition) is 2. The molecule has 0 atom stereocenters. The molecule has 0 N–H and O–H groups in total. The molecule has 2 aromatic rings. The van der Waals surface area contributed by atoms with E-state index in [4.69, 9.17) is 11.6 Å². The molecule has 2 rings (SSSR count). The number of benzene rings is 1. The van der Waals surface area contributed by atoms with Crippen LogP contribution < -0.4 is 0 Å². The number of carbonyl (C=O) groups excluding carboxylic acids is 1. The second-order valence-electron chi connectivity index (χ2n) is 6.47. The lowest BCUT2D eigenvalue weighted by Crippen LogP contribution is -2.30. The van der Waals surface area contributed by atoms with Crippen molar-refractivity contribution in [3.05, 3.63) is 51.8 Å². The van der Waals surface area contributed by atoms with Gasteiger partial charge in [-0.05, 0) is 25.3 Å². The third-order valence-electron chi connectivity index (χ3n) is 3.72. The lowest BCUT2D eigenvalue weighted by Gasteiger charge is -2.19. The van der Waals surface area contributed by atoms with Gasteiger partial charge in [0.2, 0.25) is 0 Å². The van der Waals surface area contributed by atoms with E-state index in [9.17, 15) is 4.79 Å². The van der Waals surface area contributed by atoms with Crippen molar-refractivity contribution < 1.29 is 4.79 Å². The molecule has 0 saturated heterocycles. The van der Waals surface area contributed by atoms with Crippen molar-refractivity contribution in [2.24, 2.45) is 5.92 Å². The fraction of sp³-hybridized carbons (Fsp3) is 0.444. The van der Waals surface area contributed by atoms with E-state index in [-0.39, 0.29) is 5.91 Å². The summed E-state index contributed by atoms with van der Waals surface area (Å²) in [5.74, 6) is 0.335. The zero-order chi connectivity index (χ0) is 17.1. The summed E-state index contributed by atoms with van der Waals surface area (Å²) < 4.78 is 1.69. The maximum absolute atomic E-state index is 12.6. The first kappa shape index (κ1) is 17.5. The average Bonchev–Trinajstić information content (AvgIpc) is 2.74. The van der Waals surface area contributed by atoms with Crippen molar-refractivity contribution in [3.63, 3.8) is 0 Å². The van der Waals surface area contributed by atoms with Crippen molar-refractivity contribution in [1.82, 2.24) is 14.7 Å². The van der Waals surface area contributed by atoms with Crippen molar-refractivity contribution in [2.45, 2.75) is 34.2 Å². The van der Waals surface area contributed by atoms with E-state index in [0.717, 1.165) is 5.56 Å². The molecule has 23 heavy (non-hydrogen) atoms. The quantitative estimate of drug-likeness (QED) is 0.831. The van der Waals surface area contributed by atoms with Crippen molar-refractivity contribution >= 4 is 17.5 Å². The Hall–Kier alpha value is -1.81. The number of amides is 1. The van der Waals surface area contributed by atoms with Crippen molar-refractivity contribution in [2.75, 3.05) is 13.6 Å². The summed E-state index contributed by atoms with van der Waals surface area (Å²) in [6, 6.07) is 8.22. The molecule has 0 aliphatic heterocycles. The minimum absolute atomic E-state index is 0.0728. The summed E-state index contributed by atoms with van der Waals surface area (Å²) in [7, 11) is 1.80. The Morgan fingerprint density at radius 2 is 1.87 bits per heavy atom. The Bertz CT molecular complexity index is 689. The summed E-state index contributed by atoms with van der Waals surface area (Å²) in [6.07, 6.45) is 0. The molecule has 1 aromatic heterocycles. The van der Waals surface area contributed by atoms with Crippen LogP contribution in [0, 0.1) is 19.8 Å². The minimum atomic E-state index is -0.0728. The monoisotopic (exact) mass is 333 g/mol. The Morgan fingerprint density at radius 1 is 1.26 bits per heavy atom. The zero-order valence-corrected chi connectivity index (χ0v) is 15.2. The van der Waals surface area contributed by atoms with Crippen LogP contribution >= 0.6 is 11.6 Å². The van der Waals surface area contributed by atoms with Gasteiger partial charge in [-0.2, -0.15) is 5.10 Å². The van der Waals surface area contributed by atoms with Crippen LogP contribution in [0.5, 0.6) is 0 Å². The number of nitrogens with zero attached hydrogens (tertiary/aromatic N) is 3. The van der Waals surface area contributed by atoms with Crippen LogP contribution in [-0.2, 0) is 6.54 Å². The minimum Gasteiger partial charge on any atom is -0.341 e. The van der Waals surface area contributed by atoms with E-state index in [2.05, 4.69) is 50.1 Å². The van der Waals surface area contributed by atoms with Gasteiger partial charge in [-0.15, -0.1) is 0 Å². The van der Waals surface area contributed by atoms with Crippen LogP contribution in [0.3, 0.4) is 0 Å². The highest BCUT2D eigenvalue weighted by Crippen LogP contribution is 2.22. The second-order valence-corrected chi connectivity index (χ2v) is 6.83. The van der Waals surface area contributed by atoms with Crippen LogP contribution in [0.1, 0.15) is 41.0 Å². The summed E-state index contributed by atoms with van der Waals surface area (Å²) in [6.45, 7) is 9.29. The molecule has 124 valence electrons. The highest BCUT2D eigenvalue weighted by Gasteiger charge is 2.23. The summed E-state index contributed by atoms with van der Waals surface area (Å²) in [4.78, 5) is 14.3. The van der Waals surface area contributed by atoms with Gasteiger partial charge in [0.05, 0.1) is 17.8 Å². The lowest BCUT2D eigenvalue weighted by atomic mass is 10.1. The third kappa shape index (κ3) is 4.14. The van der Waals surface area contributed by atoms with Crippen molar-refractivity contribution in [3.8, 4) is 0 Å². The predicted molar refractivity (Wildman–Crippen MR) is 94.1 cm³/mol. The normalized spacial score (nSPS) is 11.1. The summed E-state index contributed by atoms with van der Waals surface area (Å²) in [5, 5.41) is 4.85. The largest absolute Gasteiger partial charge is 0.341 e. The van der Waals surface area contributed by atoms with Gasteiger partial charge in [-0.1, -0.05) is 55.3 Å². The third-order valence-corrected chi connectivity index (χ3v) is 4.10. The molecule has 0 radical (unpaired) electrons. The van der Waals surface area contributed by atoms with Gasteiger partial charge in [-0.25, -0.2) is 4.68 Å². The number of hydrogen-bond donors (Lipinski definition) is 0. The standard InChI is InChI=1S/C18H24ClN3O/c1-12(2)10-21(5)18(23)16-14(4)20-22(17(16)19)11-15-8-6-13(3)7-9-15/h6-9,12H,10-11H2,1-5H3. The SMILES string of the molecule is Cc1ccc(Cn2nc(C)c(C(=O)N(C)CC(C)C)c2Cl)cc1. The maximum Gasteiger partial charge on any atom is 0.258 e. The van der Waals surface area contributed by atoms with Gasteiger partial charge >= 0.3 is 0 Å². The smallest absolute Gasteiger partial charge is 0.258 e. The van der Waals surface area contributed by atoms with E-state index in [0.29, 0.717) is 35.4 Å². The fourth-order valence-corrected chi connectivity index (χ4v) is 2.90. The number of carbonyl (C=O) groups is 1. The van der Waals surface area contributed by atoms with E-state index in [1.165, 1.54) is 5.56 Å². The van der Waals surface area contributed by atoms with Gasteiger partial charge in [0, 0.05) is 13.6 Å². The first-order chi connectivity index (χ1) is 10.8.